The lowest BCUT2D eigenvalue weighted by Crippen LogP contribution is -2.31. The number of Topliss-reactive ketones (excluding diaryl/α,β-unsaturated/α-hetero) is 1. The topological polar surface area (TPSA) is 85.3 Å². The van der Waals surface area contributed by atoms with E-state index in [0.29, 0.717) is 13.0 Å². The maximum absolute atomic E-state index is 14.8. The first-order chi connectivity index (χ1) is 15.0. The normalized spacial score (nSPS) is 17.8. The molecule has 1 aliphatic rings. The van der Waals surface area contributed by atoms with Crippen molar-refractivity contribution in [3.05, 3.63) is 65.0 Å². The highest BCUT2D eigenvalue weighted by Gasteiger charge is 2.47. The molecule has 1 aliphatic heterocycles. The molecule has 3 rings (SSSR count). The summed E-state index contributed by atoms with van der Waals surface area (Å²) in [6.07, 6.45) is 0.437. The van der Waals surface area contributed by atoms with Crippen LogP contribution in [-0.4, -0.2) is 56.2 Å². The van der Waals surface area contributed by atoms with E-state index in [2.05, 4.69) is 0 Å². The van der Waals surface area contributed by atoms with Crippen LogP contribution >= 0.6 is 0 Å². The highest BCUT2D eigenvalue weighted by Crippen LogP contribution is 2.43. The summed E-state index contributed by atoms with van der Waals surface area (Å²) in [6.45, 7) is 0.505. The van der Waals surface area contributed by atoms with E-state index in [1.54, 1.807) is 24.3 Å². The molecule has 0 aliphatic carbocycles. The van der Waals surface area contributed by atoms with Gasteiger partial charge in [-0.2, -0.15) is 0 Å². The summed E-state index contributed by atoms with van der Waals surface area (Å²) >= 11 is 0. The van der Waals surface area contributed by atoms with Crippen molar-refractivity contribution in [1.82, 2.24) is 4.90 Å². The molecule has 1 saturated heterocycles. The van der Waals surface area contributed by atoms with Gasteiger partial charge in [0, 0.05) is 25.8 Å². The molecule has 0 aromatic heterocycles. The Kier molecular flexibility index (Phi) is 6.91. The Morgan fingerprint density at radius 1 is 1.03 bits per heavy atom. The number of benzene rings is 2. The predicted octanol–water partition coefficient (Wildman–Crippen LogP) is 3.30. The number of ether oxygens (including phenoxy) is 3. The molecule has 1 unspecified atom stereocenters. The van der Waals surface area contributed by atoms with Gasteiger partial charge in [0.05, 0.1) is 25.8 Å². The zero-order valence-corrected chi connectivity index (χ0v) is 17.6. The SMILES string of the molecule is COCCCN1C(=O)C(=O)/C(=C(/O)c2c(OC)cccc2OC)C1c1ccccc1F. The van der Waals surface area contributed by atoms with Gasteiger partial charge in [-0.25, -0.2) is 4.39 Å². The molecule has 1 amide bonds. The number of likely N-dealkylation sites (tertiary alicyclic amines) is 1. The highest BCUT2D eigenvalue weighted by molar-refractivity contribution is 6.46. The number of carbonyl (C=O) groups is 2. The minimum atomic E-state index is -1.10. The number of hydrogen-bond donors (Lipinski definition) is 1. The lowest BCUT2D eigenvalue weighted by Gasteiger charge is -2.25. The average Bonchev–Trinajstić information content (AvgIpc) is 3.03. The Morgan fingerprint density at radius 2 is 1.68 bits per heavy atom. The van der Waals surface area contributed by atoms with Gasteiger partial charge in [0.2, 0.25) is 0 Å². The maximum Gasteiger partial charge on any atom is 0.295 e. The molecule has 2 aromatic rings. The standard InChI is InChI=1S/C23H24FNO6/c1-29-13-7-12-25-20(14-8-4-5-9-15(14)24)19(22(27)23(25)28)21(26)18-16(30-2)10-6-11-17(18)31-3/h4-6,8-11,20,26H,7,12-13H2,1-3H3/b21-19+. The number of carbonyl (C=O) groups excluding carboxylic acids is 2. The first-order valence-corrected chi connectivity index (χ1v) is 9.69. The van der Waals surface area contributed by atoms with E-state index in [0.717, 1.165) is 0 Å². The van der Waals surface area contributed by atoms with Gasteiger partial charge >= 0.3 is 0 Å². The van der Waals surface area contributed by atoms with Gasteiger partial charge in [0.25, 0.3) is 11.7 Å². The zero-order valence-electron chi connectivity index (χ0n) is 17.6. The summed E-state index contributed by atoms with van der Waals surface area (Å²) in [7, 11) is 4.34. The lowest BCUT2D eigenvalue weighted by atomic mass is 9.94. The number of ketones is 1. The molecule has 1 N–H and O–H groups in total. The minimum Gasteiger partial charge on any atom is -0.506 e. The van der Waals surface area contributed by atoms with Crippen molar-refractivity contribution in [2.75, 3.05) is 34.5 Å². The average molecular weight is 429 g/mol. The van der Waals surface area contributed by atoms with Gasteiger partial charge in [0.1, 0.15) is 28.6 Å². The summed E-state index contributed by atoms with van der Waals surface area (Å²) in [5, 5.41) is 11.2. The summed E-state index contributed by atoms with van der Waals surface area (Å²) in [5.74, 6) is -2.32. The van der Waals surface area contributed by atoms with E-state index in [1.165, 1.54) is 44.4 Å². The van der Waals surface area contributed by atoms with Crippen LogP contribution in [0.2, 0.25) is 0 Å². The lowest BCUT2D eigenvalue weighted by molar-refractivity contribution is -0.140. The number of halogens is 1. The summed E-state index contributed by atoms with van der Waals surface area (Å²) in [4.78, 5) is 27.1. The van der Waals surface area contributed by atoms with Crippen LogP contribution < -0.4 is 9.47 Å². The summed E-state index contributed by atoms with van der Waals surface area (Å²) < 4.78 is 30.5. The molecule has 31 heavy (non-hydrogen) atoms. The fourth-order valence-electron chi connectivity index (χ4n) is 3.73. The smallest absolute Gasteiger partial charge is 0.295 e. The van der Waals surface area contributed by atoms with Crippen LogP contribution in [0, 0.1) is 5.82 Å². The first-order valence-electron chi connectivity index (χ1n) is 9.69. The van der Waals surface area contributed by atoms with Crippen molar-refractivity contribution in [2.45, 2.75) is 12.5 Å². The molecule has 1 atom stereocenters. The molecular formula is C23H24FNO6. The van der Waals surface area contributed by atoms with Crippen LogP contribution in [0.5, 0.6) is 11.5 Å². The monoisotopic (exact) mass is 429 g/mol. The van der Waals surface area contributed by atoms with Gasteiger partial charge in [-0.15, -0.1) is 0 Å². The van der Waals surface area contributed by atoms with Gasteiger partial charge in [0.15, 0.2) is 0 Å². The number of rotatable bonds is 8. The molecule has 7 nitrogen and oxygen atoms in total. The second kappa shape index (κ2) is 9.61. The van der Waals surface area contributed by atoms with Crippen molar-refractivity contribution >= 4 is 17.4 Å². The van der Waals surface area contributed by atoms with Crippen LogP contribution in [0.15, 0.2) is 48.0 Å². The van der Waals surface area contributed by atoms with E-state index >= 15 is 0 Å². The Morgan fingerprint density at radius 3 is 2.26 bits per heavy atom. The number of hydrogen-bond acceptors (Lipinski definition) is 6. The molecule has 0 bridgehead atoms. The number of aliphatic hydroxyl groups excluding tert-OH is 1. The molecular weight excluding hydrogens is 405 g/mol. The number of methoxy groups -OCH3 is 3. The molecule has 0 radical (unpaired) electrons. The number of aliphatic hydroxyl groups is 1. The van der Waals surface area contributed by atoms with E-state index in [-0.39, 0.29) is 34.7 Å². The molecule has 1 heterocycles. The molecule has 1 fully saturated rings. The van der Waals surface area contributed by atoms with E-state index < -0.39 is 29.3 Å². The van der Waals surface area contributed by atoms with Crippen molar-refractivity contribution < 1.29 is 33.3 Å². The van der Waals surface area contributed by atoms with Crippen LogP contribution in [0.3, 0.4) is 0 Å². The van der Waals surface area contributed by atoms with Gasteiger partial charge < -0.3 is 24.2 Å². The van der Waals surface area contributed by atoms with Gasteiger partial charge in [-0.3, -0.25) is 9.59 Å². The molecule has 0 spiro atoms. The van der Waals surface area contributed by atoms with Gasteiger partial charge in [-0.1, -0.05) is 24.3 Å². The van der Waals surface area contributed by atoms with Crippen LogP contribution in [-0.2, 0) is 14.3 Å². The van der Waals surface area contributed by atoms with E-state index in [4.69, 9.17) is 14.2 Å². The molecule has 2 aromatic carbocycles. The summed E-state index contributed by atoms with van der Waals surface area (Å²) in [5.41, 5.74) is -0.00595. The fraction of sp³-hybridized carbons (Fsp3) is 0.304. The van der Waals surface area contributed by atoms with Crippen LogP contribution in [0.25, 0.3) is 5.76 Å². The van der Waals surface area contributed by atoms with Crippen molar-refractivity contribution in [1.29, 1.82) is 0 Å². The van der Waals surface area contributed by atoms with Crippen LogP contribution in [0.1, 0.15) is 23.6 Å². The third kappa shape index (κ3) is 4.11. The number of amides is 1. The third-order valence-electron chi connectivity index (χ3n) is 5.15. The minimum absolute atomic E-state index is 0.106. The molecule has 164 valence electrons. The van der Waals surface area contributed by atoms with Gasteiger partial charge in [-0.05, 0) is 24.6 Å². The maximum atomic E-state index is 14.8. The predicted molar refractivity (Wildman–Crippen MR) is 111 cm³/mol. The zero-order chi connectivity index (χ0) is 22.5. The van der Waals surface area contributed by atoms with Crippen molar-refractivity contribution in [2.24, 2.45) is 0 Å². The molecule has 8 heteroatoms. The summed E-state index contributed by atoms with van der Waals surface area (Å²) in [6, 6.07) is 9.58. The third-order valence-corrected chi connectivity index (χ3v) is 5.15. The van der Waals surface area contributed by atoms with Crippen LogP contribution in [0.4, 0.5) is 4.39 Å². The van der Waals surface area contributed by atoms with Crippen molar-refractivity contribution in [3.63, 3.8) is 0 Å². The fourth-order valence-corrected chi connectivity index (χ4v) is 3.73. The molecule has 0 saturated carbocycles. The Hall–Kier alpha value is -3.39. The van der Waals surface area contributed by atoms with E-state index in [1.807, 2.05) is 0 Å². The number of nitrogens with zero attached hydrogens (tertiary/aromatic N) is 1. The second-order valence-electron chi connectivity index (χ2n) is 6.90. The Balaban J connectivity index is 2.25. The highest BCUT2D eigenvalue weighted by atomic mass is 19.1. The Bertz CT molecular complexity index is 997. The first kappa shape index (κ1) is 22.3. The van der Waals surface area contributed by atoms with E-state index in [9.17, 15) is 19.1 Å². The Labute approximate surface area is 179 Å². The quantitative estimate of drug-likeness (QED) is 0.300. The largest absolute Gasteiger partial charge is 0.506 e. The van der Waals surface area contributed by atoms with Crippen molar-refractivity contribution in [3.8, 4) is 11.5 Å². The second-order valence-corrected chi connectivity index (χ2v) is 6.90.